The van der Waals surface area contributed by atoms with Gasteiger partial charge in [-0.1, -0.05) is 185 Å². The number of Topliss-reactive ketones (excluding diaryl/α,β-unsaturated/α-hetero) is 1. The van der Waals surface area contributed by atoms with Gasteiger partial charge < -0.3 is 39.0 Å². The summed E-state index contributed by atoms with van der Waals surface area (Å²) in [5, 5.41) is 9.54. The van der Waals surface area contributed by atoms with Crippen molar-refractivity contribution in [3.8, 4) is 0 Å². The third-order valence-electron chi connectivity index (χ3n) is 11.8. The zero-order valence-electron chi connectivity index (χ0n) is 47.9. The van der Waals surface area contributed by atoms with Crippen LogP contribution in [0.4, 0.5) is 0 Å². The molecule has 5 aromatic rings. The zero-order valence-corrected chi connectivity index (χ0v) is 59.6. The van der Waals surface area contributed by atoms with E-state index in [1.807, 2.05) is 95.3 Å². The van der Waals surface area contributed by atoms with E-state index in [-0.39, 0.29) is 85.5 Å². The van der Waals surface area contributed by atoms with E-state index in [0.717, 1.165) is 67.5 Å². The van der Waals surface area contributed by atoms with Crippen LogP contribution in [0.3, 0.4) is 0 Å². The Morgan fingerprint density at radius 3 is 1.49 bits per heavy atom. The molecule has 0 saturated carbocycles. The molecule has 7 rings (SSSR count). The average molecular weight is 1540 g/mol. The fraction of sp³-hybridized carbons (Fsp3) is 0.460. The van der Waals surface area contributed by atoms with Gasteiger partial charge in [0, 0.05) is 40.8 Å². The third kappa shape index (κ3) is 40.2. The number of fused-ring (bicyclic) bond motifs is 2. The smallest absolute Gasteiger partial charge is 1.00 e. The molecule has 2 aliphatic rings. The minimum atomic E-state index is -4.67. The number of ketones is 1. The predicted octanol–water partition coefficient (Wildman–Crippen LogP) is 15.9. The molecule has 0 aliphatic heterocycles. The van der Waals surface area contributed by atoms with Crippen molar-refractivity contribution in [3.63, 3.8) is 0 Å². The van der Waals surface area contributed by atoms with E-state index in [2.05, 4.69) is 156 Å². The van der Waals surface area contributed by atoms with Crippen LogP contribution in [0.5, 0.6) is 0 Å². The molecule has 18 heteroatoms. The Bertz CT molecular complexity index is 2670. The molecule has 81 heavy (non-hydrogen) atoms. The maximum absolute atomic E-state index is 11.7. The SMILES string of the molecule is C.C.CC.CC(C)(O)CCCc1cccc(Br)c1.CC1(C)CCC(=O)c2cc(Br)ccc21.CC1(C)CCCc2cc(Br)ccc21.CCOC(=O)CCCc1cccc(Br)c1.CCOC(=O)Cc1cccc(Br)c1.O=S(=O)(O)O.[Br-].[CH3-].[Mg+2]. The number of hydrogen-bond donors (Lipinski definition) is 3. The predicted molar refractivity (Wildman–Crippen MR) is 354 cm³/mol. The van der Waals surface area contributed by atoms with Crippen LogP contribution in [-0.2, 0) is 66.0 Å². The van der Waals surface area contributed by atoms with Crippen LogP contribution in [0.2, 0.25) is 0 Å². The van der Waals surface area contributed by atoms with E-state index in [9.17, 15) is 19.5 Å². The number of hydrogen-bond acceptors (Lipinski definition) is 8. The van der Waals surface area contributed by atoms with Crippen molar-refractivity contribution in [1.29, 1.82) is 0 Å². The van der Waals surface area contributed by atoms with Crippen LogP contribution in [-0.4, -0.2) is 82.2 Å². The normalized spacial score (nSPS) is 12.7. The molecule has 452 valence electrons. The van der Waals surface area contributed by atoms with Crippen LogP contribution < -0.4 is 17.0 Å². The van der Waals surface area contributed by atoms with E-state index in [1.54, 1.807) is 12.5 Å². The summed E-state index contributed by atoms with van der Waals surface area (Å²) in [5.41, 5.74) is 8.69. The van der Waals surface area contributed by atoms with Crippen molar-refractivity contribution >= 4 is 131 Å². The third-order valence-corrected chi connectivity index (χ3v) is 14.2. The molecule has 0 spiro atoms. The summed E-state index contributed by atoms with van der Waals surface area (Å²) in [6.45, 7) is 21.3. The van der Waals surface area contributed by atoms with Crippen molar-refractivity contribution in [2.75, 3.05) is 13.2 Å². The van der Waals surface area contributed by atoms with E-state index < -0.39 is 16.0 Å². The van der Waals surface area contributed by atoms with Gasteiger partial charge in [-0.25, -0.2) is 0 Å². The molecule has 0 fully saturated rings. The standard InChI is InChI=1S/C12H15BrO2.C12H13BrO.C12H17BrO.C12H15Br.C10H11BrO2.C2H6.2CH4.CH3.BrH.Mg.H2O4S/c1-2-15-12(14)8-4-6-10-5-3-7-11(13)9-10;1-12(2)6-5-11(14)9-7-8(13)3-4-10(9)12;1-12(2,14)8-4-6-10-5-3-7-11(13)9-10;1-12(2)7-3-4-9-8-10(13)5-6-11(9)12;1-2-13-10(12)7-8-4-3-5-9(11)6-8;1-2;;;;;;1-5(2,3)4/h3,5,7,9H,2,4,6,8H2,1H3;3-4,7H,5-6H2,1-2H3;3,5,7,9,14H,4,6,8H2,1-2H3;5-6,8H,3-4,7H2,1-2H3;3-6H,2,7H2,1H3;1-2H3;2*1H4;1H3;1H;;(H2,1,2,3,4)/q;;;;;;;;-1;;+2;/p-1. The van der Waals surface area contributed by atoms with Gasteiger partial charge in [0.05, 0.1) is 25.2 Å². The van der Waals surface area contributed by atoms with Crippen LogP contribution in [0.15, 0.2) is 132 Å². The first-order valence-corrected chi connectivity index (χ1v) is 31.0. The number of rotatable bonds is 12. The first-order chi connectivity index (χ1) is 35.5. The Balaban J connectivity index is -0.000000284. The van der Waals surface area contributed by atoms with Gasteiger partial charge in [0.1, 0.15) is 0 Å². The van der Waals surface area contributed by atoms with Crippen molar-refractivity contribution in [2.45, 2.75) is 178 Å². The summed E-state index contributed by atoms with van der Waals surface area (Å²) in [4.78, 5) is 33.9. The average Bonchev–Trinajstić information content (AvgIpc) is 3.31. The van der Waals surface area contributed by atoms with Crippen LogP contribution in [0.25, 0.3) is 0 Å². The monoisotopic (exact) mass is 1540 g/mol. The number of halogens is 6. The van der Waals surface area contributed by atoms with E-state index >= 15 is 0 Å². The molecule has 0 saturated heterocycles. The van der Waals surface area contributed by atoms with Gasteiger partial charge in [-0.15, -0.1) is 0 Å². The van der Waals surface area contributed by atoms with E-state index in [0.29, 0.717) is 37.9 Å². The van der Waals surface area contributed by atoms with Gasteiger partial charge in [0.15, 0.2) is 5.78 Å². The van der Waals surface area contributed by atoms with Crippen molar-refractivity contribution in [1.82, 2.24) is 0 Å². The summed E-state index contributed by atoms with van der Waals surface area (Å²) < 4.78 is 46.7. The van der Waals surface area contributed by atoms with Gasteiger partial charge >= 0.3 is 45.4 Å². The summed E-state index contributed by atoms with van der Waals surface area (Å²) in [7, 11) is -4.67. The second-order valence-electron chi connectivity index (χ2n) is 19.7. The Morgan fingerprint density at radius 2 is 1.02 bits per heavy atom. The number of aliphatic hydroxyl groups is 1. The molecule has 0 unspecified atom stereocenters. The maximum atomic E-state index is 11.7. The molecule has 0 aromatic heterocycles. The second-order valence-corrected chi connectivity index (χ2v) is 25.2. The molecule has 0 radical (unpaired) electrons. The number of aryl methyl sites for hydroxylation is 3. The topological polar surface area (TPSA) is 164 Å². The molecule has 0 amide bonds. The van der Waals surface area contributed by atoms with E-state index in [1.165, 1.54) is 46.0 Å². The molecule has 2 aliphatic carbocycles. The van der Waals surface area contributed by atoms with E-state index in [4.69, 9.17) is 27.0 Å². The van der Waals surface area contributed by atoms with Gasteiger partial charge in [0.2, 0.25) is 0 Å². The summed E-state index contributed by atoms with van der Waals surface area (Å²) >= 11 is 17.1. The van der Waals surface area contributed by atoms with Crippen molar-refractivity contribution in [3.05, 3.63) is 178 Å². The maximum Gasteiger partial charge on any atom is 2.00 e. The fourth-order valence-electron chi connectivity index (χ4n) is 8.12. The fourth-order valence-corrected chi connectivity index (χ4v) is 10.2. The minimum absolute atomic E-state index is 0. The minimum Gasteiger partial charge on any atom is -1.00 e. The molecule has 0 heterocycles. The second kappa shape index (κ2) is 45.5. The number of carbonyl (C=O) groups is 3. The summed E-state index contributed by atoms with van der Waals surface area (Å²) in [6.07, 6.45) is 11.0. The number of esters is 2. The van der Waals surface area contributed by atoms with Crippen LogP contribution >= 0.6 is 79.6 Å². The van der Waals surface area contributed by atoms with Crippen molar-refractivity contribution in [2.24, 2.45) is 0 Å². The Kier molecular flexibility index (Phi) is 49.4. The quantitative estimate of drug-likeness (QED) is 0.0474. The number of carbonyl (C=O) groups excluding carboxylic acids is 3. The largest absolute Gasteiger partial charge is 2.00 e. The van der Waals surface area contributed by atoms with Crippen molar-refractivity contribution < 1.29 is 63.5 Å². The van der Waals surface area contributed by atoms with Crippen LogP contribution in [0, 0.1) is 7.43 Å². The first-order valence-electron chi connectivity index (χ1n) is 25.6. The molecule has 3 N–H and O–H groups in total. The van der Waals surface area contributed by atoms with Gasteiger partial charge in [-0.05, 0) is 190 Å². The molecule has 5 aromatic carbocycles. The van der Waals surface area contributed by atoms with Gasteiger partial charge in [-0.2, -0.15) is 8.42 Å². The molecular weight excluding hydrogens is 1450 g/mol. The Hall–Kier alpha value is -1.81. The molecular formula is C63H90Br6MgO10S. The molecule has 10 nitrogen and oxygen atoms in total. The van der Waals surface area contributed by atoms with Gasteiger partial charge in [0.25, 0.3) is 0 Å². The molecule has 0 bridgehead atoms. The summed E-state index contributed by atoms with van der Waals surface area (Å²) in [6, 6.07) is 36.8. The van der Waals surface area contributed by atoms with Gasteiger partial charge in [-0.3, -0.25) is 23.5 Å². The number of ether oxygens (including phenoxy) is 2. The zero-order chi connectivity index (χ0) is 57.7. The Labute approximate surface area is 557 Å². The first kappa shape index (κ1) is 88.0. The van der Waals surface area contributed by atoms with Crippen LogP contribution in [0.1, 0.15) is 179 Å². The summed E-state index contributed by atoms with van der Waals surface area (Å²) in [5.74, 6) is -0.00581. The Morgan fingerprint density at radius 1 is 0.617 bits per heavy atom. The molecule has 0 atom stereocenters. The number of benzene rings is 5.